The van der Waals surface area contributed by atoms with Crippen molar-refractivity contribution in [1.82, 2.24) is 19.9 Å². The number of nitrogens with one attached hydrogen (secondary N) is 1. The van der Waals surface area contributed by atoms with E-state index >= 15 is 0 Å². The number of fused-ring (bicyclic) bond motifs is 1. The molecule has 5 nitrogen and oxygen atoms in total. The fourth-order valence-corrected chi connectivity index (χ4v) is 3.53. The Hall–Kier alpha value is -2.69. The number of benzene rings is 1. The van der Waals surface area contributed by atoms with Crippen molar-refractivity contribution in [3.63, 3.8) is 0 Å². The van der Waals surface area contributed by atoms with E-state index in [4.69, 9.17) is 0 Å². The minimum absolute atomic E-state index is 0.0442. The summed E-state index contributed by atoms with van der Waals surface area (Å²) in [5.41, 5.74) is 4.87. The first-order valence-corrected chi connectivity index (χ1v) is 8.86. The second-order valence-corrected chi connectivity index (χ2v) is 6.86. The molecule has 0 saturated heterocycles. The van der Waals surface area contributed by atoms with Crippen LogP contribution in [0.4, 0.5) is 0 Å². The van der Waals surface area contributed by atoms with E-state index in [1.807, 2.05) is 36.7 Å². The molecule has 2 heterocycles. The summed E-state index contributed by atoms with van der Waals surface area (Å²) in [6, 6.07) is 8.28. The Bertz CT molecular complexity index is 864. The zero-order chi connectivity index (χ0) is 17.2. The van der Waals surface area contributed by atoms with Crippen LogP contribution in [-0.2, 0) is 6.54 Å². The minimum atomic E-state index is 0.0442. The van der Waals surface area contributed by atoms with E-state index in [1.54, 1.807) is 6.33 Å². The molecule has 0 spiro atoms. The maximum absolute atomic E-state index is 12.4. The lowest BCUT2D eigenvalue weighted by molar-refractivity contribution is 0.0938. The zero-order valence-electron chi connectivity index (χ0n) is 14.4. The molecule has 0 aromatic heterocycles. The van der Waals surface area contributed by atoms with Gasteiger partial charge in [0.2, 0.25) is 0 Å². The predicted molar refractivity (Wildman–Crippen MR) is 96.6 cm³/mol. The highest BCUT2D eigenvalue weighted by molar-refractivity contribution is 5.94. The molecule has 3 aliphatic rings. The SMILES string of the molecule is Cc1cc(C(=O)NC2CCCC2)ccc1Cn1ccc2ncnc-2c1. The second-order valence-electron chi connectivity index (χ2n) is 6.86. The molecule has 0 bridgehead atoms. The third-order valence-electron chi connectivity index (χ3n) is 5.02. The summed E-state index contributed by atoms with van der Waals surface area (Å²) in [6.45, 7) is 2.81. The van der Waals surface area contributed by atoms with Gasteiger partial charge in [0.1, 0.15) is 12.0 Å². The number of hydrogen-bond donors (Lipinski definition) is 1. The highest BCUT2D eigenvalue weighted by Crippen LogP contribution is 2.20. The predicted octanol–water partition coefficient (Wildman–Crippen LogP) is 3.41. The number of rotatable bonds is 4. The number of carbonyl (C=O) groups excluding carboxylic acids is 1. The van der Waals surface area contributed by atoms with Gasteiger partial charge in [-0.1, -0.05) is 18.9 Å². The monoisotopic (exact) mass is 334 g/mol. The zero-order valence-corrected chi connectivity index (χ0v) is 14.4. The van der Waals surface area contributed by atoms with Crippen molar-refractivity contribution in [2.75, 3.05) is 0 Å². The van der Waals surface area contributed by atoms with Crippen LogP contribution in [0.2, 0.25) is 0 Å². The van der Waals surface area contributed by atoms with Crippen molar-refractivity contribution in [2.24, 2.45) is 0 Å². The van der Waals surface area contributed by atoms with Gasteiger partial charge in [0.15, 0.2) is 0 Å². The lowest BCUT2D eigenvalue weighted by atomic mass is 10.0. The van der Waals surface area contributed by atoms with Crippen molar-refractivity contribution in [3.8, 4) is 11.4 Å². The third kappa shape index (κ3) is 3.40. The van der Waals surface area contributed by atoms with Crippen LogP contribution in [0.5, 0.6) is 0 Å². The van der Waals surface area contributed by atoms with E-state index in [2.05, 4.69) is 26.8 Å². The molecule has 1 amide bonds. The lowest BCUT2D eigenvalue weighted by Gasteiger charge is -2.14. The van der Waals surface area contributed by atoms with Crippen LogP contribution >= 0.6 is 0 Å². The number of pyridine rings is 1. The summed E-state index contributed by atoms with van der Waals surface area (Å²) >= 11 is 0. The molecule has 1 aliphatic carbocycles. The summed E-state index contributed by atoms with van der Waals surface area (Å²) in [4.78, 5) is 20.8. The summed E-state index contributed by atoms with van der Waals surface area (Å²) in [5, 5.41) is 3.15. The van der Waals surface area contributed by atoms with E-state index < -0.39 is 0 Å². The quantitative estimate of drug-likeness (QED) is 0.795. The minimum Gasteiger partial charge on any atom is -0.349 e. The summed E-state index contributed by atoms with van der Waals surface area (Å²) in [5.74, 6) is 0.0442. The molecule has 0 atom stereocenters. The maximum atomic E-state index is 12.4. The Morgan fingerprint density at radius 1 is 1.20 bits per heavy atom. The maximum Gasteiger partial charge on any atom is 0.251 e. The number of nitrogens with zero attached hydrogens (tertiary/aromatic N) is 3. The van der Waals surface area contributed by atoms with Gasteiger partial charge in [-0.2, -0.15) is 0 Å². The average molecular weight is 334 g/mol. The molecular formula is C20H22N4O. The van der Waals surface area contributed by atoms with Crippen LogP contribution < -0.4 is 5.32 Å². The molecular weight excluding hydrogens is 312 g/mol. The van der Waals surface area contributed by atoms with Gasteiger partial charge in [-0.15, -0.1) is 0 Å². The van der Waals surface area contributed by atoms with Crippen LogP contribution in [0.15, 0.2) is 43.0 Å². The van der Waals surface area contributed by atoms with Crippen LogP contribution in [-0.4, -0.2) is 26.5 Å². The van der Waals surface area contributed by atoms with E-state index in [0.717, 1.165) is 41.9 Å². The molecule has 128 valence electrons. The van der Waals surface area contributed by atoms with Crippen LogP contribution in [0.1, 0.15) is 47.2 Å². The Kier molecular flexibility index (Phi) is 4.22. The normalized spacial score (nSPS) is 14.9. The largest absolute Gasteiger partial charge is 0.349 e. The fraction of sp³-hybridized carbons (Fsp3) is 0.350. The number of aromatic nitrogens is 3. The summed E-state index contributed by atoms with van der Waals surface area (Å²) in [7, 11) is 0. The van der Waals surface area contributed by atoms with Crippen LogP contribution in [0.25, 0.3) is 11.4 Å². The molecule has 5 heteroatoms. The third-order valence-corrected chi connectivity index (χ3v) is 5.02. The van der Waals surface area contributed by atoms with Gasteiger partial charge < -0.3 is 9.88 Å². The number of aryl methyl sites for hydroxylation is 1. The molecule has 1 aromatic rings. The lowest BCUT2D eigenvalue weighted by Crippen LogP contribution is -2.32. The van der Waals surface area contributed by atoms with E-state index in [-0.39, 0.29) is 5.91 Å². The Morgan fingerprint density at radius 2 is 2.00 bits per heavy atom. The van der Waals surface area contributed by atoms with Crippen molar-refractivity contribution in [1.29, 1.82) is 0 Å². The van der Waals surface area contributed by atoms with Crippen LogP contribution in [0.3, 0.4) is 0 Å². The van der Waals surface area contributed by atoms with Gasteiger partial charge in [-0.25, -0.2) is 9.97 Å². The van der Waals surface area contributed by atoms with Gasteiger partial charge in [-0.3, -0.25) is 4.79 Å². The number of imidazole rings is 1. The first-order chi connectivity index (χ1) is 12.2. The van der Waals surface area contributed by atoms with Crippen molar-refractivity contribution in [2.45, 2.75) is 45.2 Å². The fourth-order valence-electron chi connectivity index (χ4n) is 3.53. The second kappa shape index (κ2) is 6.67. The number of hydrogen-bond acceptors (Lipinski definition) is 3. The first kappa shape index (κ1) is 15.8. The molecule has 0 radical (unpaired) electrons. The molecule has 4 rings (SSSR count). The molecule has 2 aliphatic heterocycles. The average Bonchev–Trinajstić information content (AvgIpc) is 3.27. The highest BCUT2D eigenvalue weighted by Gasteiger charge is 2.18. The van der Waals surface area contributed by atoms with Crippen molar-refractivity contribution < 1.29 is 4.79 Å². The Labute approximate surface area is 147 Å². The van der Waals surface area contributed by atoms with E-state index in [9.17, 15) is 4.79 Å². The van der Waals surface area contributed by atoms with Gasteiger partial charge in [0.05, 0.1) is 5.69 Å². The topological polar surface area (TPSA) is 59.8 Å². The van der Waals surface area contributed by atoms with E-state index in [1.165, 1.54) is 18.4 Å². The molecule has 0 unspecified atom stereocenters. The van der Waals surface area contributed by atoms with Gasteiger partial charge >= 0.3 is 0 Å². The summed E-state index contributed by atoms with van der Waals surface area (Å²) in [6.07, 6.45) is 10.2. The molecule has 1 saturated carbocycles. The van der Waals surface area contributed by atoms with Crippen molar-refractivity contribution >= 4 is 5.91 Å². The Morgan fingerprint density at radius 3 is 2.80 bits per heavy atom. The van der Waals surface area contributed by atoms with Gasteiger partial charge in [0.25, 0.3) is 5.91 Å². The smallest absolute Gasteiger partial charge is 0.251 e. The Balaban J connectivity index is 1.49. The highest BCUT2D eigenvalue weighted by atomic mass is 16.1. The molecule has 25 heavy (non-hydrogen) atoms. The number of amides is 1. The molecule has 1 fully saturated rings. The first-order valence-electron chi connectivity index (χ1n) is 8.86. The standard InChI is InChI=1S/C20H22N4O/c1-14-10-15(20(25)23-17-4-2-3-5-17)6-7-16(14)11-24-9-8-18-19(12-24)22-13-21-18/h6-10,12-13,17H,2-5,11H2,1H3,(H,23,25). The molecule has 1 aromatic carbocycles. The van der Waals surface area contributed by atoms with Gasteiger partial charge in [0, 0.05) is 30.5 Å². The number of carbonyl (C=O) groups is 1. The molecule has 1 N–H and O–H groups in total. The van der Waals surface area contributed by atoms with Crippen LogP contribution in [0, 0.1) is 6.92 Å². The summed E-state index contributed by atoms with van der Waals surface area (Å²) < 4.78 is 2.09. The van der Waals surface area contributed by atoms with Crippen molar-refractivity contribution in [3.05, 3.63) is 59.7 Å². The van der Waals surface area contributed by atoms with E-state index in [0.29, 0.717) is 6.04 Å². The van der Waals surface area contributed by atoms with Gasteiger partial charge in [-0.05, 0) is 49.1 Å².